The van der Waals surface area contributed by atoms with Crippen LogP contribution in [0.1, 0.15) is 69.2 Å². The van der Waals surface area contributed by atoms with Crippen molar-refractivity contribution in [3.8, 4) is 33.6 Å². The van der Waals surface area contributed by atoms with E-state index in [1.807, 2.05) is 0 Å². The number of pyridine rings is 4. The molecule has 254 valence electrons. The second-order valence-corrected chi connectivity index (χ2v) is 13.7. The standard InChI is InChI=1S/C46H46N4.CH4/c1-35(2)43-13-7-9-15-45(43)49-29-21-39(22-30-49)37-17-25-47(26-18-37)33-41-11-5-6-12-42(41)34-48-27-19-38(20-28-48)40-23-31-50(32-24-40)46-16-10-8-14-44(46)36(3)4;/h5-32,35-36H,33-34H2,1-4H3;1H4/q+4;. The average Bonchev–Trinajstić information content (AvgIpc) is 3.16. The zero-order chi connectivity index (χ0) is 34.5. The second-order valence-electron chi connectivity index (χ2n) is 13.7. The van der Waals surface area contributed by atoms with Crippen molar-refractivity contribution >= 4 is 0 Å². The molecular formula is C47H50N4+4. The Hall–Kier alpha value is -5.74. The van der Waals surface area contributed by atoms with E-state index in [9.17, 15) is 0 Å². The Balaban J connectivity index is 0.00000448. The van der Waals surface area contributed by atoms with Crippen LogP contribution in [0, 0.1) is 0 Å². The smallest absolute Gasteiger partial charge is 0.201 e. The van der Waals surface area contributed by atoms with Crippen molar-refractivity contribution in [3.05, 3.63) is 193 Å². The molecule has 51 heavy (non-hydrogen) atoms. The summed E-state index contributed by atoms with van der Waals surface area (Å²) < 4.78 is 8.96. The fraction of sp³-hybridized carbons (Fsp3) is 0.191. The van der Waals surface area contributed by atoms with Crippen LogP contribution in [-0.2, 0) is 13.1 Å². The zero-order valence-electron chi connectivity index (χ0n) is 29.5. The summed E-state index contributed by atoms with van der Waals surface area (Å²) in [6.45, 7) is 10.6. The molecule has 0 aliphatic rings. The van der Waals surface area contributed by atoms with Crippen LogP contribution in [0.3, 0.4) is 0 Å². The Bertz CT molecular complexity index is 2020. The van der Waals surface area contributed by atoms with E-state index in [2.05, 4.69) is 217 Å². The highest BCUT2D eigenvalue weighted by atomic mass is 15.0. The van der Waals surface area contributed by atoms with E-state index >= 15 is 0 Å². The van der Waals surface area contributed by atoms with Crippen LogP contribution in [-0.4, -0.2) is 0 Å². The molecule has 4 heterocycles. The van der Waals surface area contributed by atoms with Gasteiger partial charge in [0.2, 0.25) is 11.4 Å². The van der Waals surface area contributed by atoms with Crippen molar-refractivity contribution in [2.75, 3.05) is 0 Å². The fourth-order valence-electron chi connectivity index (χ4n) is 6.75. The molecule has 4 nitrogen and oxygen atoms in total. The van der Waals surface area contributed by atoms with Crippen molar-refractivity contribution in [2.24, 2.45) is 0 Å². The summed E-state index contributed by atoms with van der Waals surface area (Å²) in [6.07, 6.45) is 17.4. The SMILES string of the molecule is C.CC(C)c1ccccc1-[n+]1ccc(-c2cc[n+](Cc3ccccc3C[n+]3ccc(-c4cc[n+](-c5ccccc5C(C)C)cc4)cc3)cc2)cc1. The number of rotatable bonds is 10. The lowest BCUT2D eigenvalue weighted by Gasteiger charge is -2.08. The minimum Gasteiger partial charge on any atom is -0.201 e. The monoisotopic (exact) mass is 670 g/mol. The van der Waals surface area contributed by atoms with Gasteiger partial charge in [0.15, 0.2) is 62.7 Å². The predicted octanol–water partition coefficient (Wildman–Crippen LogP) is 9.13. The summed E-state index contributed by atoms with van der Waals surface area (Å²) >= 11 is 0. The zero-order valence-corrected chi connectivity index (χ0v) is 29.5. The minimum absolute atomic E-state index is 0. The topological polar surface area (TPSA) is 15.5 Å². The van der Waals surface area contributed by atoms with Gasteiger partial charge in [0, 0.05) is 82.9 Å². The number of nitrogens with zero attached hydrogens (tertiary/aromatic N) is 4. The molecule has 0 aliphatic heterocycles. The van der Waals surface area contributed by atoms with Gasteiger partial charge in [-0.1, -0.05) is 95.8 Å². The van der Waals surface area contributed by atoms with E-state index in [0.29, 0.717) is 11.8 Å². The Labute approximate surface area is 304 Å². The first-order valence-corrected chi connectivity index (χ1v) is 17.7. The van der Waals surface area contributed by atoms with Gasteiger partial charge in [0.1, 0.15) is 0 Å². The van der Waals surface area contributed by atoms with Crippen LogP contribution in [0.4, 0.5) is 0 Å². The molecule has 0 saturated heterocycles. The maximum atomic E-state index is 2.26. The first-order chi connectivity index (χ1) is 24.4. The van der Waals surface area contributed by atoms with Crippen LogP contribution in [0.25, 0.3) is 33.6 Å². The number of benzene rings is 3. The summed E-state index contributed by atoms with van der Waals surface area (Å²) in [5.41, 5.74) is 12.7. The van der Waals surface area contributed by atoms with E-state index in [1.54, 1.807) is 0 Å². The number of hydrogen-bond donors (Lipinski definition) is 0. The van der Waals surface area contributed by atoms with Crippen molar-refractivity contribution in [3.63, 3.8) is 0 Å². The lowest BCUT2D eigenvalue weighted by atomic mass is 10.0. The van der Waals surface area contributed by atoms with Gasteiger partial charge < -0.3 is 0 Å². The fourth-order valence-corrected chi connectivity index (χ4v) is 6.75. The summed E-state index contributed by atoms with van der Waals surface area (Å²) in [5, 5.41) is 0. The lowest BCUT2D eigenvalue weighted by molar-refractivity contribution is -0.693. The van der Waals surface area contributed by atoms with Gasteiger partial charge in [-0.3, -0.25) is 0 Å². The molecule has 0 bridgehead atoms. The Morgan fingerprint density at radius 1 is 0.373 bits per heavy atom. The molecule has 7 aromatic rings. The molecule has 7 rings (SSSR count). The third kappa shape index (κ3) is 8.02. The normalized spacial score (nSPS) is 11.1. The maximum Gasteiger partial charge on any atom is 0.214 e. The first-order valence-electron chi connectivity index (χ1n) is 17.7. The van der Waals surface area contributed by atoms with Gasteiger partial charge in [0.05, 0.1) is 0 Å². The van der Waals surface area contributed by atoms with E-state index in [0.717, 1.165) is 13.1 Å². The Morgan fingerprint density at radius 2 is 0.667 bits per heavy atom. The van der Waals surface area contributed by atoms with E-state index in [-0.39, 0.29) is 7.43 Å². The summed E-state index contributed by atoms with van der Waals surface area (Å²) in [5.74, 6) is 0.943. The molecule has 0 N–H and O–H groups in total. The molecule has 0 unspecified atom stereocenters. The highest BCUT2D eigenvalue weighted by molar-refractivity contribution is 5.62. The number of aromatic nitrogens is 4. The van der Waals surface area contributed by atoms with Crippen LogP contribution in [0.15, 0.2) is 171 Å². The number of para-hydroxylation sites is 2. The quantitative estimate of drug-likeness (QED) is 0.129. The second kappa shape index (κ2) is 15.9. The van der Waals surface area contributed by atoms with Crippen LogP contribution < -0.4 is 18.3 Å². The molecule has 0 radical (unpaired) electrons. The molecule has 0 atom stereocenters. The van der Waals surface area contributed by atoms with E-state index < -0.39 is 0 Å². The maximum absolute atomic E-state index is 2.26. The summed E-state index contributed by atoms with van der Waals surface area (Å²) in [4.78, 5) is 0. The molecule has 0 spiro atoms. The average molecular weight is 671 g/mol. The Morgan fingerprint density at radius 3 is 1.00 bits per heavy atom. The minimum atomic E-state index is 0. The molecule has 0 saturated carbocycles. The van der Waals surface area contributed by atoms with Gasteiger partial charge in [-0.2, -0.15) is 9.13 Å². The molecule has 0 fully saturated rings. The van der Waals surface area contributed by atoms with Gasteiger partial charge >= 0.3 is 0 Å². The highest BCUT2D eigenvalue weighted by Gasteiger charge is 2.17. The van der Waals surface area contributed by atoms with Crippen molar-refractivity contribution in [2.45, 2.75) is 60.0 Å². The van der Waals surface area contributed by atoms with Crippen LogP contribution in [0.5, 0.6) is 0 Å². The Kier molecular flexibility index (Phi) is 10.9. The van der Waals surface area contributed by atoms with Crippen LogP contribution >= 0.6 is 0 Å². The van der Waals surface area contributed by atoms with Gasteiger partial charge in [-0.15, -0.1) is 0 Å². The van der Waals surface area contributed by atoms with Crippen molar-refractivity contribution in [1.29, 1.82) is 0 Å². The molecule has 0 amide bonds. The van der Waals surface area contributed by atoms with E-state index in [4.69, 9.17) is 0 Å². The van der Waals surface area contributed by atoms with Crippen molar-refractivity contribution < 1.29 is 18.3 Å². The molecule has 4 heteroatoms. The highest BCUT2D eigenvalue weighted by Crippen LogP contribution is 2.22. The van der Waals surface area contributed by atoms with E-state index in [1.165, 1.54) is 55.9 Å². The third-order valence-electron chi connectivity index (χ3n) is 9.61. The van der Waals surface area contributed by atoms with Gasteiger partial charge in [-0.25, -0.2) is 9.13 Å². The van der Waals surface area contributed by atoms with Gasteiger partial charge in [0.25, 0.3) is 0 Å². The summed E-state index contributed by atoms with van der Waals surface area (Å²) in [6, 6.07) is 43.7. The first kappa shape index (κ1) is 35.1. The van der Waals surface area contributed by atoms with Crippen molar-refractivity contribution in [1.82, 2.24) is 0 Å². The largest absolute Gasteiger partial charge is 0.214 e. The lowest BCUT2D eigenvalue weighted by Crippen LogP contribution is -2.36. The summed E-state index contributed by atoms with van der Waals surface area (Å²) in [7, 11) is 0. The number of hydrogen-bond acceptors (Lipinski definition) is 0. The predicted molar refractivity (Wildman–Crippen MR) is 207 cm³/mol. The molecular weight excluding hydrogens is 621 g/mol. The van der Waals surface area contributed by atoms with Crippen LogP contribution in [0.2, 0.25) is 0 Å². The van der Waals surface area contributed by atoms with Gasteiger partial charge in [-0.05, 0) is 34.1 Å². The molecule has 4 aromatic heterocycles. The molecule has 3 aromatic carbocycles. The third-order valence-corrected chi connectivity index (χ3v) is 9.61. The molecule has 0 aliphatic carbocycles.